The number of aromatic nitrogens is 6. The third kappa shape index (κ3) is 7.40. The Morgan fingerprint density at radius 1 is 1.26 bits per heavy atom. The molecule has 2 unspecified atom stereocenters. The molecule has 1 aromatic carbocycles. The van der Waals surface area contributed by atoms with E-state index in [0.717, 1.165) is 22.4 Å². The quantitative estimate of drug-likeness (QED) is 0.0689. The first-order chi connectivity index (χ1) is 22.0. The number of nitrogens with zero attached hydrogens (tertiary/aromatic N) is 8. The van der Waals surface area contributed by atoms with Crippen LogP contribution in [-0.2, 0) is 21.4 Å². The molecule has 0 saturated carbocycles. The third-order valence-corrected chi connectivity index (χ3v) is 9.43. The number of nitrogens with one attached hydrogen (secondary N) is 2. The fourth-order valence-electron chi connectivity index (χ4n) is 4.83. The predicted octanol–water partition coefficient (Wildman–Crippen LogP) is -3.94. The molecule has 1 saturated heterocycles. The zero-order valence-electron chi connectivity index (χ0n) is 25.4. The Kier molecular flexibility index (Phi) is 11.6. The van der Waals surface area contributed by atoms with E-state index in [1.807, 2.05) is 6.92 Å². The molecule has 4 heterocycles. The van der Waals surface area contributed by atoms with Gasteiger partial charge in [-0.25, -0.2) is 14.5 Å². The maximum Gasteiger partial charge on any atom is 1.00 e. The van der Waals surface area contributed by atoms with Crippen molar-refractivity contribution in [1.29, 1.82) is 0 Å². The molecular formula is C26H28N11NaO7S2. The second-order valence-electron chi connectivity index (χ2n) is 10.0. The van der Waals surface area contributed by atoms with Gasteiger partial charge in [0.05, 0.1) is 17.9 Å². The van der Waals surface area contributed by atoms with Crippen molar-refractivity contribution in [1.82, 2.24) is 40.4 Å². The molecule has 0 aliphatic carbocycles. The van der Waals surface area contributed by atoms with E-state index in [9.17, 15) is 34.5 Å². The van der Waals surface area contributed by atoms with Crippen LogP contribution >= 0.6 is 23.5 Å². The number of amides is 4. The Hall–Kier alpha value is -4.11. The molecule has 1 fully saturated rings. The number of fused-ring (bicyclic) bond motifs is 1. The molecule has 4 amide bonds. The van der Waals surface area contributed by atoms with E-state index >= 15 is 0 Å². The fourth-order valence-corrected chi connectivity index (χ4v) is 7.16. The molecule has 5 rings (SSSR count). The molecule has 2 aliphatic rings. The average molecular weight is 694 g/mol. The number of anilines is 2. The van der Waals surface area contributed by atoms with E-state index in [0.29, 0.717) is 17.3 Å². The van der Waals surface area contributed by atoms with Gasteiger partial charge < -0.3 is 36.5 Å². The van der Waals surface area contributed by atoms with Crippen LogP contribution in [0.2, 0.25) is 0 Å². The van der Waals surface area contributed by atoms with Gasteiger partial charge in [-0.2, -0.15) is 4.98 Å². The van der Waals surface area contributed by atoms with E-state index in [1.165, 1.54) is 52.5 Å². The Bertz CT molecular complexity index is 1710. The van der Waals surface area contributed by atoms with Crippen LogP contribution in [0.4, 0.5) is 16.4 Å². The minimum Gasteiger partial charge on any atom is -0.543 e. The fraction of sp³-hybridized carbons (Fsp3) is 0.346. The van der Waals surface area contributed by atoms with Crippen LogP contribution in [0.1, 0.15) is 24.9 Å². The summed E-state index contributed by atoms with van der Waals surface area (Å²) in [5.41, 5.74) is 5.70. The number of β-lactam (4-membered cyclic amide) rings is 1. The number of nitrogens with two attached hydrogens (primary N) is 1. The number of hydrogen-bond donors (Lipinski definition) is 5. The van der Waals surface area contributed by atoms with Gasteiger partial charge in [0.2, 0.25) is 22.9 Å². The number of aromatic hydroxyl groups is 2. The monoisotopic (exact) mass is 693 g/mol. The SMILES string of the molecule is CCCNc1ncc(N(C(N)=O)C(C(=O)NC2C(=O)N3C(C(=O)[O-])=C(CSc4nnnn4C)CS[C@@H]23)c2ccc(O)cc2)c(O)n1.[Na+]. The molecular weight excluding hydrogens is 665 g/mol. The summed E-state index contributed by atoms with van der Waals surface area (Å²) in [6.07, 6.45) is 1.87. The van der Waals surface area contributed by atoms with Gasteiger partial charge in [-0.3, -0.25) is 19.4 Å². The maximum absolute atomic E-state index is 13.9. The summed E-state index contributed by atoms with van der Waals surface area (Å²) in [5, 5.41) is 49.1. The number of aliphatic carboxylic acids is 1. The third-order valence-electron chi connectivity index (χ3n) is 6.99. The Morgan fingerprint density at radius 2 is 1.98 bits per heavy atom. The van der Waals surface area contributed by atoms with Gasteiger partial charge in [-0.15, -0.1) is 16.9 Å². The van der Waals surface area contributed by atoms with Gasteiger partial charge in [-0.05, 0) is 40.1 Å². The molecule has 6 N–H and O–H groups in total. The molecule has 2 aliphatic heterocycles. The molecule has 18 nitrogen and oxygen atoms in total. The van der Waals surface area contributed by atoms with Gasteiger partial charge in [0.25, 0.3) is 5.91 Å². The summed E-state index contributed by atoms with van der Waals surface area (Å²) in [5.74, 6) is -3.46. The molecule has 0 bridgehead atoms. The molecule has 2 aromatic heterocycles. The van der Waals surface area contributed by atoms with Crippen molar-refractivity contribution in [3.63, 3.8) is 0 Å². The zero-order valence-corrected chi connectivity index (χ0v) is 29.0. The summed E-state index contributed by atoms with van der Waals surface area (Å²) >= 11 is 2.42. The number of phenols is 1. The Labute approximate surface area is 297 Å². The van der Waals surface area contributed by atoms with E-state index < -0.39 is 47.2 Å². The number of rotatable bonds is 12. The molecule has 21 heteroatoms. The van der Waals surface area contributed by atoms with E-state index in [2.05, 4.69) is 36.1 Å². The normalized spacial score (nSPS) is 17.6. The molecule has 242 valence electrons. The van der Waals surface area contributed by atoms with Crippen molar-refractivity contribution >= 4 is 59.0 Å². The smallest absolute Gasteiger partial charge is 0.543 e. The first kappa shape index (κ1) is 35.7. The summed E-state index contributed by atoms with van der Waals surface area (Å²) in [7, 11) is 1.63. The number of tetrazole rings is 1. The van der Waals surface area contributed by atoms with Crippen molar-refractivity contribution in [3.05, 3.63) is 47.3 Å². The van der Waals surface area contributed by atoms with Crippen LogP contribution in [0, 0.1) is 0 Å². The summed E-state index contributed by atoms with van der Waals surface area (Å²) in [4.78, 5) is 62.2. The second kappa shape index (κ2) is 15.2. The van der Waals surface area contributed by atoms with Crippen LogP contribution in [-0.4, -0.2) is 98.6 Å². The van der Waals surface area contributed by atoms with E-state index in [4.69, 9.17) is 5.73 Å². The first-order valence-corrected chi connectivity index (χ1v) is 15.8. The number of primary amides is 1. The van der Waals surface area contributed by atoms with Crippen LogP contribution in [0.5, 0.6) is 11.6 Å². The molecule has 0 spiro atoms. The Balaban J connectivity index is 0.00000500. The standard InChI is InChI=1S/C26H29N11O7S2.Na/c1-3-8-28-25-29-9-15(19(39)31-25)36(24(27)44)17(12-4-6-14(38)7-5-12)20(40)30-16-21(41)37-18(23(42)43)13(10-45-22(16)37)11-46-26-32-33-34-35(26)2;/h4-7,9,16-17,22,38H,3,8,10-11H2,1-2H3,(H2,27,44)(H,30,40)(H,42,43)(H2,28,29,31,39);/q;+1/p-1/t16?,17?,22-;/m0./s1. The zero-order chi connectivity index (χ0) is 33.1. The number of phenolic OH excluding ortho intramolecular Hbond substituents is 1. The number of carbonyl (C=O) groups is 4. The topological polar surface area (TPSA) is 258 Å². The molecule has 0 radical (unpaired) electrons. The van der Waals surface area contributed by atoms with Crippen LogP contribution < -0.4 is 55.9 Å². The number of carbonyl (C=O) groups excluding carboxylic acids is 4. The van der Waals surface area contributed by atoms with Gasteiger partial charge in [0.15, 0.2) is 0 Å². The minimum absolute atomic E-state index is 0. The van der Waals surface area contributed by atoms with E-state index in [1.54, 1.807) is 7.05 Å². The van der Waals surface area contributed by atoms with Crippen molar-refractivity contribution in [2.45, 2.75) is 36.0 Å². The summed E-state index contributed by atoms with van der Waals surface area (Å²) in [6, 6.07) is 1.39. The second-order valence-corrected chi connectivity index (χ2v) is 12.1. The molecule has 3 aromatic rings. The summed E-state index contributed by atoms with van der Waals surface area (Å²) < 4.78 is 1.42. The van der Waals surface area contributed by atoms with Gasteiger partial charge in [-0.1, -0.05) is 30.8 Å². The number of thioether (sulfide) groups is 2. The molecule has 47 heavy (non-hydrogen) atoms. The minimum atomic E-state index is -1.57. The molecule has 3 atom stereocenters. The van der Waals surface area contributed by atoms with Crippen LogP contribution in [0.15, 0.2) is 46.9 Å². The van der Waals surface area contributed by atoms with Gasteiger partial charge in [0.1, 0.15) is 28.9 Å². The van der Waals surface area contributed by atoms with Gasteiger partial charge in [0, 0.05) is 25.1 Å². The number of benzene rings is 1. The number of aryl methyl sites for hydroxylation is 1. The van der Waals surface area contributed by atoms with Crippen molar-refractivity contribution in [3.8, 4) is 11.6 Å². The number of hydrogen-bond acceptors (Lipinski definition) is 15. The number of carboxylic acids is 1. The predicted molar refractivity (Wildman–Crippen MR) is 162 cm³/mol. The van der Waals surface area contributed by atoms with Crippen LogP contribution in [0.25, 0.3) is 0 Å². The Morgan fingerprint density at radius 3 is 2.57 bits per heavy atom. The number of urea groups is 1. The van der Waals surface area contributed by atoms with Crippen molar-refractivity contribution in [2.24, 2.45) is 12.8 Å². The van der Waals surface area contributed by atoms with Gasteiger partial charge >= 0.3 is 35.6 Å². The maximum atomic E-state index is 13.9. The van der Waals surface area contributed by atoms with E-state index in [-0.39, 0.29) is 69.7 Å². The average Bonchev–Trinajstić information content (AvgIpc) is 3.44. The first-order valence-electron chi connectivity index (χ1n) is 13.7. The number of carboxylic acid groups (broad SMARTS) is 1. The van der Waals surface area contributed by atoms with Crippen LogP contribution in [0.3, 0.4) is 0 Å². The van der Waals surface area contributed by atoms with Crippen molar-refractivity contribution < 1.29 is 64.1 Å². The largest absolute Gasteiger partial charge is 1.00 e. The van der Waals surface area contributed by atoms with Crippen molar-refractivity contribution in [2.75, 3.05) is 28.3 Å². The summed E-state index contributed by atoms with van der Waals surface area (Å²) in [6.45, 7) is 2.43.